The lowest BCUT2D eigenvalue weighted by molar-refractivity contribution is -0.133. The lowest BCUT2D eigenvalue weighted by Crippen LogP contribution is -2.47. The summed E-state index contributed by atoms with van der Waals surface area (Å²) in [6.07, 6.45) is 8.22. The Kier molecular flexibility index (Phi) is 11.2. The van der Waals surface area contributed by atoms with Crippen molar-refractivity contribution in [2.24, 2.45) is 0 Å². The lowest BCUT2D eigenvalue weighted by atomic mass is 9.66. The lowest BCUT2D eigenvalue weighted by Gasteiger charge is -2.44. The predicted molar refractivity (Wildman–Crippen MR) is 243 cm³/mol. The van der Waals surface area contributed by atoms with Crippen LogP contribution in [0.1, 0.15) is 105 Å². The minimum absolute atomic E-state index is 0.000733. The number of likely N-dealkylation sites (tertiary alicyclic amines) is 2. The van der Waals surface area contributed by atoms with Crippen molar-refractivity contribution in [3.05, 3.63) is 115 Å². The van der Waals surface area contributed by atoms with E-state index in [1.807, 2.05) is 32.1 Å². The molecule has 64 heavy (non-hydrogen) atoms. The number of aryl methyl sites for hydroxylation is 2. The number of hydrogen-bond donors (Lipinski definition) is 4. The van der Waals surface area contributed by atoms with Crippen LogP contribution < -0.4 is 21.5 Å². The van der Waals surface area contributed by atoms with Crippen LogP contribution >= 0.6 is 0 Å². The van der Waals surface area contributed by atoms with Gasteiger partial charge in [-0.2, -0.15) is 0 Å². The number of ether oxygens (including phenoxy) is 1. The smallest absolute Gasteiger partial charge is 0.253 e. The Bertz CT molecular complexity index is 2470. The fourth-order valence-corrected chi connectivity index (χ4v) is 11.6. The normalized spacial score (nSPS) is 20.8. The molecule has 1 aromatic heterocycles. The number of allylic oxidation sites excluding steroid dienone is 2. The Labute approximate surface area is 373 Å². The Morgan fingerprint density at radius 2 is 1.33 bits per heavy atom. The van der Waals surface area contributed by atoms with Crippen molar-refractivity contribution < 1.29 is 28.7 Å². The second kappa shape index (κ2) is 16.5. The maximum Gasteiger partial charge on any atom is 0.253 e. The number of fused-ring (bicyclic) bond motifs is 4. The van der Waals surface area contributed by atoms with Crippen molar-refractivity contribution in [2.45, 2.75) is 108 Å². The highest BCUT2D eigenvalue weighted by atomic mass is 16.5. The number of benzene rings is 2. The highest BCUT2D eigenvalue weighted by Gasteiger charge is 2.52. The number of pyridine rings is 1. The van der Waals surface area contributed by atoms with Gasteiger partial charge in [0.1, 0.15) is 0 Å². The first kappa shape index (κ1) is 43.2. The van der Waals surface area contributed by atoms with Gasteiger partial charge < -0.3 is 40.4 Å². The average Bonchev–Trinajstić information content (AvgIpc) is 3.70. The summed E-state index contributed by atoms with van der Waals surface area (Å²) in [5, 5.41) is 9.55. The number of amides is 5. The maximum absolute atomic E-state index is 14.7. The summed E-state index contributed by atoms with van der Waals surface area (Å²) in [5.41, 5.74) is 5.65. The fourth-order valence-electron chi connectivity index (χ4n) is 11.6. The minimum Gasteiger partial charge on any atom is -0.381 e. The second-order valence-electron chi connectivity index (χ2n) is 18.7. The minimum atomic E-state index is -0.979. The number of nitrogens with one attached hydrogen (secondary N) is 4. The summed E-state index contributed by atoms with van der Waals surface area (Å²) >= 11 is 0. The third-order valence-corrected chi connectivity index (χ3v) is 15.3. The molecule has 0 radical (unpaired) electrons. The van der Waals surface area contributed by atoms with Crippen LogP contribution in [0.2, 0.25) is 0 Å². The average molecular weight is 870 g/mol. The van der Waals surface area contributed by atoms with E-state index in [9.17, 15) is 28.8 Å². The Hall–Kier alpha value is -6.02. The van der Waals surface area contributed by atoms with Crippen LogP contribution in [0, 0.1) is 13.8 Å². The van der Waals surface area contributed by atoms with Crippen LogP contribution in [0.4, 0.5) is 11.4 Å². The van der Waals surface area contributed by atoms with Gasteiger partial charge in [0.15, 0.2) is 0 Å². The van der Waals surface area contributed by atoms with Gasteiger partial charge in [0.05, 0.1) is 10.8 Å². The van der Waals surface area contributed by atoms with Crippen molar-refractivity contribution in [1.82, 2.24) is 25.0 Å². The summed E-state index contributed by atoms with van der Waals surface area (Å²) in [7, 11) is 0. The number of carbonyl (C=O) groups is 5. The number of aromatic amines is 1. The molecule has 2 aromatic carbocycles. The molecule has 0 atom stereocenters. The quantitative estimate of drug-likeness (QED) is 0.246. The molecule has 3 fully saturated rings. The van der Waals surface area contributed by atoms with E-state index in [0.29, 0.717) is 101 Å². The van der Waals surface area contributed by atoms with Crippen molar-refractivity contribution in [3.63, 3.8) is 0 Å². The first-order chi connectivity index (χ1) is 30.7. The maximum atomic E-state index is 14.7. The Morgan fingerprint density at radius 3 is 1.81 bits per heavy atom. The molecule has 3 aromatic rings. The molecule has 14 nitrogen and oxygen atoms in total. The molecule has 0 bridgehead atoms. The summed E-state index contributed by atoms with van der Waals surface area (Å²) in [5.74, 6) is -0.481. The number of hydrogen-bond acceptors (Lipinski definition) is 8. The number of carbonyl (C=O) groups excluding carboxylic acids is 5. The number of rotatable bonds is 8. The van der Waals surface area contributed by atoms with Crippen LogP contribution in [-0.2, 0) is 51.5 Å². The fraction of sp³-hybridized carbons (Fsp3) is 0.480. The van der Waals surface area contributed by atoms with E-state index in [-0.39, 0.29) is 47.7 Å². The summed E-state index contributed by atoms with van der Waals surface area (Å²) < 4.78 is 5.80. The monoisotopic (exact) mass is 869 g/mol. The molecule has 0 saturated carbocycles. The molecule has 6 heterocycles. The molecular weight excluding hydrogens is 811 g/mol. The van der Waals surface area contributed by atoms with E-state index in [1.165, 1.54) is 0 Å². The van der Waals surface area contributed by atoms with Crippen molar-refractivity contribution in [1.29, 1.82) is 0 Å². The van der Waals surface area contributed by atoms with Crippen LogP contribution in [-0.4, -0.2) is 101 Å². The Balaban J connectivity index is 1.18. The molecule has 5 amide bonds. The van der Waals surface area contributed by atoms with Gasteiger partial charge in [0.25, 0.3) is 11.5 Å². The zero-order valence-electron chi connectivity index (χ0n) is 37.6. The molecule has 9 rings (SSSR count). The molecule has 4 N–H and O–H groups in total. The molecule has 14 heteroatoms. The third-order valence-electron chi connectivity index (χ3n) is 15.3. The van der Waals surface area contributed by atoms with Gasteiger partial charge in [-0.3, -0.25) is 28.8 Å². The molecule has 6 aliphatic rings. The number of nitrogens with zero attached hydrogens (tertiary/aromatic N) is 3. The van der Waals surface area contributed by atoms with E-state index in [1.54, 1.807) is 23.6 Å². The van der Waals surface area contributed by atoms with Gasteiger partial charge >= 0.3 is 0 Å². The molecular formula is C50H59N7O7. The largest absolute Gasteiger partial charge is 0.381 e. The Morgan fingerprint density at radius 1 is 0.797 bits per heavy atom. The van der Waals surface area contributed by atoms with E-state index >= 15 is 0 Å². The van der Waals surface area contributed by atoms with Gasteiger partial charge in [-0.15, -0.1) is 0 Å². The van der Waals surface area contributed by atoms with Gasteiger partial charge in [-0.05, 0) is 111 Å². The SMILES string of the molecule is CCN(C1=CC(C(=O)NCc2c(C)cc(C)[nH]c2=O)=CC(c2ccc3c(c2)NC(=O)C32CCN(C(C)=O)CC2)(c2ccc3c(c2)NC(=O)C32CCN(C(C)=O)CC2)C1)C1CCOCC1. The zero-order valence-corrected chi connectivity index (χ0v) is 37.6. The summed E-state index contributed by atoms with van der Waals surface area (Å²) in [4.78, 5) is 89.3. The number of aromatic nitrogens is 1. The van der Waals surface area contributed by atoms with Crippen LogP contribution in [0.5, 0.6) is 0 Å². The van der Waals surface area contributed by atoms with E-state index < -0.39 is 16.2 Å². The summed E-state index contributed by atoms with van der Waals surface area (Å²) in [6.45, 7) is 12.9. The van der Waals surface area contributed by atoms with Gasteiger partial charge in [0, 0.05) is 118 Å². The standard InChI is InChI=1S/C50H59N7O7/c1-6-57(37-11-21-64-22-12-37)38-24-34(44(60)51-29-39-30(2)23-31(3)52-45(39)61)27-50(28-38,35-7-9-40-42(25-35)53-46(62)48(40)13-17-55(18-14-48)32(4)58)36-8-10-41-43(26-36)54-47(63)49(41)15-19-56(20-16-49)33(5)59/h7-10,23-27,37H,6,11-22,28-29H2,1-5H3,(H,51,60)(H,52,61)(H,53,62)(H,54,63). The predicted octanol–water partition coefficient (Wildman–Crippen LogP) is 4.97. The second-order valence-corrected chi connectivity index (χ2v) is 18.7. The van der Waals surface area contributed by atoms with E-state index in [0.717, 1.165) is 52.0 Å². The van der Waals surface area contributed by atoms with E-state index in [4.69, 9.17) is 4.74 Å². The van der Waals surface area contributed by atoms with Crippen LogP contribution in [0.15, 0.2) is 70.7 Å². The topological polar surface area (TPSA) is 173 Å². The van der Waals surface area contributed by atoms with Crippen molar-refractivity contribution in [3.8, 4) is 0 Å². The van der Waals surface area contributed by atoms with E-state index in [2.05, 4.69) is 69.2 Å². The van der Waals surface area contributed by atoms with Gasteiger partial charge in [-0.25, -0.2) is 0 Å². The first-order valence-corrected chi connectivity index (χ1v) is 22.9. The van der Waals surface area contributed by atoms with Crippen molar-refractivity contribution in [2.75, 3.05) is 56.6 Å². The first-order valence-electron chi connectivity index (χ1n) is 22.9. The molecule has 3 saturated heterocycles. The molecule has 1 aliphatic carbocycles. The number of piperidine rings is 2. The number of anilines is 2. The van der Waals surface area contributed by atoms with Crippen LogP contribution in [0.25, 0.3) is 0 Å². The number of H-pyrrole nitrogens is 1. The third kappa shape index (κ3) is 7.23. The molecule has 5 aliphatic heterocycles. The van der Waals surface area contributed by atoms with Crippen molar-refractivity contribution >= 4 is 40.9 Å². The molecule has 0 unspecified atom stereocenters. The van der Waals surface area contributed by atoms with Gasteiger partial charge in [0.2, 0.25) is 23.6 Å². The molecule has 2 spiro atoms. The molecule has 336 valence electrons. The highest BCUT2D eigenvalue weighted by molar-refractivity contribution is 6.08. The van der Waals surface area contributed by atoms with Crippen LogP contribution in [0.3, 0.4) is 0 Å². The summed E-state index contributed by atoms with van der Waals surface area (Å²) in [6, 6.07) is 14.4. The highest BCUT2D eigenvalue weighted by Crippen LogP contribution is 2.52. The zero-order chi connectivity index (χ0) is 45.1. The van der Waals surface area contributed by atoms with Gasteiger partial charge in [-0.1, -0.05) is 30.3 Å².